The Morgan fingerprint density at radius 3 is 2.35 bits per heavy atom. The van der Waals surface area contributed by atoms with E-state index < -0.39 is 14.4 Å². The summed E-state index contributed by atoms with van der Waals surface area (Å²) in [6.07, 6.45) is -3.51. The minimum atomic E-state index is -4.76. The van der Waals surface area contributed by atoms with Gasteiger partial charge in [0.05, 0.1) is 16.3 Å². The fraction of sp³-hybridized carbons (Fsp3) is 0.600. The third-order valence-corrected chi connectivity index (χ3v) is 14.3. The van der Waals surface area contributed by atoms with Crippen LogP contribution in [-0.2, 0) is 4.79 Å². The molecule has 0 N–H and O–H groups in total. The molecule has 3 rings (SSSR count). The van der Waals surface area contributed by atoms with E-state index in [9.17, 15) is 18.0 Å². The van der Waals surface area contributed by atoms with E-state index in [1.807, 2.05) is 6.92 Å². The number of aromatic nitrogens is 1. The number of thiazole rings is 1. The summed E-state index contributed by atoms with van der Waals surface area (Å²) in [4.78, 5) is 19.3. The smallest absolute Gasteiger partial charge is 0.406 e. The van der Waals surface area contributed by atoms with Gasteiger partial charge in [-0.05, 0) is 35.2 Å². The second-order valence-electron chi connectivity index (χ2n) is 10.1. The molecule has 2 atom stereocenters. The summed E-state index contributed by atoms with van der Waals surface area (Å²) < 4.78 is 42.3. The second kappa shape index (κ2) is 9.90. The Morgan fingerprint density at radius 2 is 1.79 bits per heavy atom. The molecule has 9 heteroatoms. The molecule has 0 radical (unpaired) electrons. The SMILES string of the molecule is CC1CC(CC#C[Si](C(C)C)(C(C)C)C(C)C)N(c2nc3ccc(OC(F)(F)F)cc3s2)C1=O. The first-order chi connectivity index (χ1) is 15.8. The number of rotatable bonds is 6. The van der Waals surface area contributed by atoms with Gasteiger partial charge in [0.25, 0.3) is 0 Å². The van der Waals surface area contributed by atoms with E-state index in [1.54, 1.807) is 4.90 Å². The van der Waals surface area contributed by atoms with E-state index >= 15 is 0 Å². The lowest BCUT2D eigenvalue weighted by atomic mass is 10.1. The number of hydrogen-bond donors (Lipinski definition) is 0. The molecule has 2 unspecified atom stereocenters. The summed E-state index contributed by atoms with van der Waals surface area (Å²) in [5.74, 6) is 3.01. The molecule has 0 aliphatic carbocycles. The van der Waals surface area contributed by atoms with Crippen molar-refractivity contribution in [2.75, 3.05) is 4.90 Å². The number of hydrogen-bond acceptors (Lipinski definition) is 4. The predicted molar refractivity (Wildman–Crippen MR) is 135 cm³/mol. The number of anilines is 1. The van der Waals surface area contributed by atoms with Gasteiger partial charge >= 0.3 is 6.36 Å². The minimum absolute atomic E-state index is 0.0160. The average Bonchev–Trinajstić information content (AvgIpc) is 3.23. The van der Waals surface area contributed by atoms with Gasteiger partial charge < -0.3 is 4.74 Å². The van der Waals surface area contributed by atoms with E-state index in [1.165, 1.54) is 29.5 Å². The predicted octanol–water partition coefficient (Wildman–Crippen LogP) is 7.55. The van der Waals surface area contributed by atoms with Crippen molar-refractivity contribution in [3.05, 3.63) is 18.2 Å². The molecule has 4 nitrogen and oxygen atoms in total. The maximum absolute atomic E-state index is 13.0. The fourth-order valence-electron chi connectivity index (χ4n) is 5.40. The highest BCUT2D eigenvalue weighted by Gasteiger charge is 2.42. The Hall–Kier alpha value is -2.05. The highest BCUT2D eigenvalue weighted by atomic mass is 32.1. The highest BCUT2D eigenvalue weighted by molar-refractivity contribution is 7.22. The van der Waals surface area contributed by atoms with Crippen LogP contribution in [0.3, 0.4) is 0 Å². The highest BCUT2D eigenvalue weighted by Crippen LogP contribution is 2.41. The Balaban J connectivity index is 1.90. The van der Waals surface area contributed by atoms with Crippen LogP contribution < -0.4 is 9.64 Å². The second-order valence-corrected chi connectivity index (χ2v) is 16.7. The molecule has 1 aliphatic rings. The van der Waals surface area contributed by atoms with Crippen molar-refractivity contribution >= 4 is 40.7 Å². The first-order valence-corrected chi connectivity index (χ1v) is 14.8. The largest absolute Gasteiger partial charge is 0.573 e. The Bertz CT molecular complexity index is 1080. The quantitative estimate of drug-likeness (QED) is 0.298. The number of carbonyl (C=O) groups is 1. The van der Waals surface area contributed by atoms with Gasteiger partial charge in [-0.15, -0.1) is 24.6 Å². The van der Waals surface area contributed by atoms with Crippen LogP contribution in [-0.4, -0.2) is 31.4 Å². The van der Waals surface area contributed by atoms with Gasteiger partial charge in [-0.3, -0.25) is 9.69 Å². The van der Waals surface area contributed by atoms with Gasteiger partial charge in [0, 0.05) is 18.4 Å². The van der Waals surface area contributed by atoms with E-state index in [0.717, 1.165) is 0 Å². The molecule has 2 heterocycles. The van der Waals surface area contributed by atoms with Crippen LogP contribution in [0.5, 0.6) is 5.75 Å². The van der Waals surface area contributed by atoms with Crippen LogP contribution in [0.4, 0.5) is 18.3 Å². The molecule has 0 saturated carbocycles. The number of alkyl halides is 3. The van der Waals surface area contributed by atoms with Crippen molar-refractivity contribution in [2.45, 2.75) is 90.3 Å². The number of amides is 1. The number of fused-ring (bicyclic) bond motifs is 1. The van der Waals surface area contributed by atoms with Crippen LogP contribution in [0, 0.1) is 17.4 Å². The molecule has 0 spiro atoms. The first-order valence-electron chi connectivity index (χ1n) is 11.8. The number of benzene rings is 1. The van der Waals surface area contributed by atoms with Gasteiger partial charge in [0.2, 0.25) is 5.91 Å². The molecular formula is C25H33F3N2O2SSi. The first kappa shape index (κ1) is 26.5. The maximum atomic E-state index is 13.0. The molecule has 1 saturated heterocycles. The van der Waals surface area contributed by atoms with Crippen LogP contribution in [0.2, 0.25) is 16.6 Å². The fourth-order valence-corrected chi connectivity index (χ4v) is 11.8. The van der Waals surface area contributed by atoms with Gasteiger partial charge in [0.15, 0.2) is 5.13 Å². The summed E-state index contributed by atoms with van der Waals surface area (Å²) >= 11 is 1.21. The number of carbonyl (C=O) groups excluding carboxylic acids is 1. The monoisotopic (exact) mass is 510 g/mol. The number of ether oxygens (including phenoxy) is 1. The summed E-state index contributed by atoms with van der Waals surface area (Å²) in [6.45, 7) is 15.5. The molecule has 1 aromatic heterocycles. The molecule has 1 aromatic carbocycles. The minimum Gasteiger partial charge on any atom is -0.406 e. The summed E-state index contributed by atoms with van der Waals surface area (Å²) in [5.41, 5.74) is 5.84. The van der Waals surface area contributed by atoms with Crippen molar-refractivity contribution in [3.8, 4) is 17.2 Å². The lowest BCUT2D eigenvalue weighted by molar-refractivity contribution is -0.274. The third kappa shape index (κ3) is 5.28. The molecule has 2 aromatic rings. The van der Waals surface area contributed by atoms with Crippen molar-refractivity contribution in [1.29, 1.82) is 0 Å². The van der Waals surface area contributed by atoms with E-state index in [0.29, 0.717) is 44.8 Å². The van der Waals surface area contributed by atoms with E-state index in [-0.39, 0.29) is 23.6 Å². The maximum Gasteiger partial charge on any atom is 0.573 e. The zero-order valence-corrected chi connectivity index (χ0v) is 22.6. The third-order valence-electron chi connectivity index (χ3n) is 6.95. The summed E-state index contributed by atoms with van der Waals surface area (Å²) in [6, 6.07) is 3.95. The lowest BCUT2D eigenvalue weighted by Gasteiger charge is -2.38. The summed E-state index contributed by atoms with van der Waals surface area (Å²) in [7, 11) is -1.87. The topological polar surface area (TPSA) is 42.4 Å². The van der Waals surface area contributed by atoms with Gasteiger partial charge in [-0.25, -0.2) is 4.98 Å². The normalized spacial score (nSPS) is 19.4. The molecule has 34 heavy (non-hydrogen) atoms. The van der Waals surface area contributed by atoms with E-state index in [4.69, 9.17) is 0 Å². The van der Waals surface area contributed by atoms with E-state index in [2.05, 4.69) is 62.7 Å². The van der Waals surface area contributed by atoms with Crippen molar-refractivity contribution < 1.29 is 22.7 Å². The molecule has 186 valence electrons. The molecule has 1 fully saturated rings. The van der Waals surface area contributed by atoms with Crippen molar-refractivity contribution in [1.82, 2.24) is 4.98 Å². The van der Waals surface area contributed by atoms with Crippen LogP contribution in [0.25, 0.3) is 10.2 Å². The number of nitrogens with zero attached hydrogens (tertiary/aromatic N) is 2. The Morgan fingerprint density at radius 1 is 1.18 bits per heavy atom. The van der Waals surface area contributed by atoms with Crippen LogP contribution >= 0.6 is 11.3 Å². The number of halogens is 3. The molecule has 1 amide bonds. The lowest BCUT2D eigenvalue weighted by Crippen LogP contribution is -2.43. The van der Waals surface area contributed by atoms with Crippen LogP contribution in [0.15, 0.2) is 18.2 Å². The van der Waals surface area contributed by atoms with Crippen LogP contribution in [0.1, 0.15) is 61.3 Å². The van der Waals surface area contributed by atoms with Gasteiger partial charge in [-0.1, -0.05) is 59.8 Å². The zero-order valence-electron chi connectivity index (χ0n) is 20.8. The van der Waals surface area contributed by atoms with Crippen molar-refractivity contribution in [2.24, 2.45) is 5.92 Å². The molecule has 0 bridgehead atoms. The average molecular weight is 511 g/mol. The molecule has 1 aliphatic heterocycles. The van der Waals surface area contributed by atoms with Gasteiger partial charge in [0.1, 0.15) is 13.8 Å². The Labute approximate surface area is 204 Å². The zero-order chi connectivity index (χ0) is 25.4. The Kier molecular flexibility index (Phi) is 7.73. The van der Waals surface area contributed by atoms with Crippen molar-refractivity contribution in [3.63, 3.8) is 0 Å². The molecular weight excluding hydrogens is 477 g/mol. The van der Waals surface area contributed by atoms with Gasteiger partial charge in [-0.2, -0.15) is 0 Å². The standard InChI is InChI=1S/C25H33F3N2O2SSi/c1-15(2)34(16(3)4,17(5)6)12-8-9-19-13-18(7)23(31)30(19)24-29-21-11-10-20(14-22(21)33-24)32-25(26,27)28/h10-11,14-19H,9,13H2,1-7H3. The summed E-state index contributed by atoms with van der Waals surface area (Å²) in [5, 5.41) is 0.500.